The zero-order valence-corrected chi connectivity index (χ0v) is 9.96. The molecule has 1 saturated heterocycles. The zero-order valence-electron chi connectivity index (χ0n) is 9.96. The first-order chi connectivity index (χ1) is 8.15. The van der Waals surface area contributed by atoms with Crippen LogP contribution < -0.4 is 0 Å². The lowest BCUT2D eigenvalue weighted by molar-refractivity contribution is -0.143. The summed E-state index contributed by atoms with van der Waals surface area (Å²) in [4.78, 5) is 21.6. The Kier molecular flexibility index (Phi) is 3.68. The van der Waals surface area contributed by atoms with Crippen LogP contribution in [0.4, 0.5) is 0 Å². The van der Waals surface area contributed by atoms with Gasteiger partial charge in [0, 0.05) is 18.9 Å². The van der Waals surface area contributed by atoms with Crippen molar-refractivity contribution in [3.05, 3.63) is 23.8 Å². The van der Waals surface area contributed by atoms with E-state index in [4.69, 9.17) is 5.11 Å². The Balaban J connectivity index is 1.88. The summed E-state index contributed by atoms with van der Waals surface area (Å²) in [5.74, 6) is -0.838. The summed E-state index contributed by atoms with van der Waals surface area (Å²) in [7, 11) is 0. The van der Waals surface area contributed by atoms with Crippen LogP contribution in [0.1, 0.15) is 24.2 Å². The molecule has 92 valence electrons. The fourth-order valence-electron chi connectivity index (χ4n) is 2.16. The highest BCUT2D eigenvalue weighted by molar-refractivity contribution is 5.70. The Morgan fingerprint density at radius 1 is 1.47 bits per heavy atom. The van der Waals surface area contributed by atoms with Crippen molar-refractivity contribution >= 4 is 5.97 Å². The van der Waals surface area contributed by atoms with Crippen molar-refractivity contribution in [3.63, 3.8) is 0 Å². The van der Waals surface area contributed by atoms with E-state index in [0.717, 1.165) is 43.9 Å². The predicted octanol–water partition coefficient (Wildman–Crippen LogP) is 1.08. The molecule has 1 aliphatic rings. The van der Waals surface area contributed by atoms with Crippen molar-refractivity contribution in [2.45, 2.75) is 26.3 Å². The van der Waals surface area contributed by atoms with Crippen molar-refractivity contribution in [2.24, 2.45) is 5.92 Å². The summed E-state index contributed by atoms with van der Waals surface area (Å²) >= 11 is 0. The smallest absolute Gasteiger partial charge is 0.306 e. The molecule has 1 aliphatic heterocycles. The average Bonchev–Trinajstić information content (AvgIpc) is 2.29. The second-order valence-corrected chi connectivity index (χ2v) is 4.54. The minimum absolute atomic E-state index is 0.171. The summed E-state index contributed by atoms with van der Waals surface area (Å²) in [6.45, 7) is 4.34. The number of piperidine rings is 1. The summed E-state index contributed by atoms with van der Waals surface area (Å²) in [5, 5.41) is 8.91. The van der Waals surface area contributed by atoms with Crippen LogP contribution in [0, 0.1) is 12.8 Å². The Labute approximate surface area is 100 Å². The lowest BCUT2D eigenvalue weighted by atomic mass is 9.97. The second kappa shape index (κ2) is 5.23. The van der Waals surface area contributed by atoms with Gasteiger partial charge in [-0.3, -0.25) is 19.7 Å². The van der Waals surface area contributed by atoms with E-state index >= 15 is 0 Å². The number of carboxylic acids is 1. The van der Waals surface area contributed by atoms with Crippen LogP contribution in [0.15, 0.2) is 12.4 Å². The molecule has 5 heteroatoms. The third-order valence-electron chi connectivity index (χ3n) is 3.13. The lowest BCUT2D eigenvalue weighted by Gasteiger charge is -2.29. The number of hydrogen-bond donors (Lipinski definition) is 1. The number of rotatable bonds is 3. The molecule has 0 amide bonds. The fraction of sp³-hybridized carbons (Fsp3) is 0.583. The molecule has 2 rings (SSSR count). The molecular weight excluding hydrogens is 218 g/mol. The van der Waals surface area contributed by atoms with E-state index in [1.54, 1.807) is 12.4 Å². The molecule has 0 radical (unpaired) electrons. The molecule has 0 unspecified atom stereocenters. The van der Waals surface area contributed by atoms with Crippen molar-refractivity contribution in [1.82, 2.24) is 14.9 Å². The molecule has 5 nitrogen and oxygen atoms in total. The van der Waals surface area contributed by atoms with Gasteiger partial charge < -0.3 is 5.11 Å². The minimum Gasteiger partial charge on any atom is -0.481 e. The number of aliphatic carboxylic acids is 1. The summed E-state index contributed by atoms with van der Waals surface area (Å²) in [5.41, 5.74) is 1.88. The van der Waals surface area contributed by atoms with Gasteiger partial charge in [-0.15, -0.1) is 0 Å². The second-order valence-electron chi connectivity index (χ2n) is 4.54. The van der Waals surface area contributed by atoms with Crippen LogP contribution in [-0.2, 0) is 11.3 Å². The van der Waals surface area contributed by atoms with Crippen LogP contribution in [-0.4, -0.2) is 39.0 Å². The molecule has 0 aliphatic carbocycles. The summed E-state index contributed by atoms with van der Waals surface area (Å²) in [6.07, 6.45) is 4.97. The van der Waals surface area contributed by atoms with E-state index in [0.29, 0.717) is 0 Å². The minimum atomic E-state index is -0.667. The van der Waals surface area contributed by atoms with Gasteiger partial charge >= 0.3 is 5.97 Å². The number of carboxylic acid groups (broad SMARTS) is 1. The molecule has 1 aromatic heterocycles. The number of likely N-dealkylation sites (tertiary alicyclic amines) is 1. The zero-order chi connectivity index (χ0) is 12.3. The maximum atomic E-state index is 10.8. The molecule has 0 aromatic carbocycles. The first kappa shape index (κ1) is 12.0. The van der Waals surface area contributed by atoms with E-state index < -0.39 is 5.97 Å². The highest BCUT2D eigenvalue weighted by Gasteiger charge is 2.24. The topological polar surface area (TPSA) is 66.3 Å². The third-order valence-corrected chi connectivity index (χ3v) is 3.13. The molecule has 0 bridgehead atoms. The quantitative estimate of drug-likeness (QED) is 0.849. The lowest BCUT2D eigenvalue weighted by Crippen LogP contribution is -2.36. The monoisotopic (exact) mass is 235 g/mol. The van der Waals surface area contributed by atoms with Crippen LogP contribution >= 0.6 is 0 Å². The van der Waals surface area contributed by atoms with Gasteiger partial charge in [0.25, 0.3) is 0 Å². The van der Waals surface area contributed by atoms with Crippen molar-refractivity contribution in [2.75, 3.05) is 13.1 Å². The average molecular weight is 235 g/mol. The van der Waals surface area contributed by atoms with Gasteiger partial charge in [0.05, 0.1) is 17.3 Å². The van der Waals surface area contributed by atoms with E-state index in [9.17, 15) is 4.79 Å². The highest BCUT2D eigenvalue weighted by Crippen LogP contribution is 2.18. The van der Waals surface area contributed by atoms with Gasteiger partial charge in [-0.2, -0.15) is 0 Å². The maximum absolute atomic E-state index is 10.8. The van der Waals surface area contributed by atoms with Crippen LogP contribution in [0.2, 0.25) is 0 Å². The van der Waals surface area contributed by atoms with E-state index in [2.05, 4.69) is 14.9 Å². The van der Waals surface area contributed by atoms with Crippen molar-refractivity contribution < 1.29 is 9.90 Å². The predicted molar refractivity (Wildman–Crippen MR) is 62.4 cm³/mol. The van der Waals surface area contributed by atoms with Crippen LogP contribution in [0.3, 0.4) is 0 Å². The Hall–Kier alpha value is -1.49. The number of hydrogen-bond acceptors (Lipinski definition) is 4. The van der Waals surface area contributed by atoms with Gasteiger partial charge in [0.1, 0.15) is 0 Å². The van der Waals surface area contributed by atoms with Gasteiger partial charge in [0.2, 0.25) is 0 Å². The van der Waals surface area contributed by atoms with Gasteiger partial charge in [0.15, 0.2) is 0 Å². The Morgan fingerprint density at radius 2 is 2.18 bits per heavy atom. The van der Waals surface area contributed by atoms with Crippen molar-refractivity contribution in [1.29, 1.82) is 0 Å². The molecule has 17 heavy (non-hydrogen) atoms. The highest BCUT2D eigenvalue weighted by atomic mass is 16.4. The molecular formula is C12H17N3O2. The number of nitrogens with zero attached hydrogens (tertiary/aromatic N) is 3. The maximum Gasteiger partial charge on any atom is 0.306 e. The molecule has 0 atom stereocenters. The molecule has 1 aromatic rings. The van der Waals surface area contributed by atoms with Crippen LogP contribution in [0.5, 0.6) is 0 Å². The number of aromatic nitrogens is 2. The summed E-state index contributed by atoms with van der Waals surface area (Å²) in [6, 6.07) is 0. The van der Waals surface area contributed by atoms with Gasteiger partial charge in [-0.25, -0.2) is 0 Å². The molecule has 0 spiro atoms. The fourth-order valence-corrected chi connectivity index (χ4v) is 2.16. The molecule has 1 fully saturated rings. The van der Waals surface area contributed by atoms with E-state index in [1.165, 1.54) is 0 Å². The van der Waals surface area contributed by atoms with E-state index in [-0.39, 0.29) is 5.92 Å². The molecule has 1 N–H and O–H groups in total. The van der Waals surface area contributed by atoms with Gasteiger partial charge in [-0.1, -0.05) is 0 Å². The standard InChI is InChI=1S/C12H17N3O2/c1-9-6-13-7-11(14-9)8-15-4-2-10(3-5-15)12(16)17/h6-7,10H,2-5,8H2,1H3,(H,16,17). The first-order valence-corrected chi connectivity index (χ1v) is 5.88. The normalized spacial score (nSPS) is 18.2. The van der Waals surface area contributed by atoms with Crippen molar-refractivity contribution in [3.8, 4) is 0 Å². The molecule has 2 heterocycles. The Morgan fingerprint density at radius 3 is 2.76 bits per heavy atom. The Bertz CT molecular complexity index is 400. The van der Waals surface area contributed by atoms with E-state index in [1.807, 2.05) is 6.92 Å². The molecule has 0 saturated carbocycles. The third kappa shape index (κ3) is 3.23. The summed E-state index contributed by atoms with van der Waals surface area (Å²) < 4.78 is 0. The van der Waals surface area contributed by atoms with Crippen LogP contribution in [0.25, 0.3) is 0 Å². The van der Waals surface area contributed by atoms with Gasteiger partial charge in [-0.05, 0) is 32.9 Å². The number of aryl methyl sites for hydroxylation is 1. The first-order valence-electron chi connectivity index (χ1n) is 5.88. The largest absolute Gasteiger partial charge is 0.481 e. The SMILES string of the molecule is Cc1cncc(CN2CCC(C(=O)O)CC2)n1. The number of carbonyl (C=O) groups is 1.